The summed E-state index contributed by atoms with van der Waals surface area (Å²) in [5.74, 6) is 0.0440. The van der Waals surface area contributed by atoms with E-state index in [1.807, 2.05) is 13.8 Å². The van der Waals surface area contributed by atoms with Crippen LogP contribution in [0.1, 0.15) is 39.5 Å². The molecule has 0 spiro atoms. The topological polar surface area (TPSA) is 55.1 Å². The van der Waals surface area contributed by atoms with Crippen molar-refractivity contribution in [2.24, 2.45) is 11.7 Å². The smallest absolute Gasteiger partial charge is 0.224 e. The Morgan fingerprint density at radius 1 is 1.38 bits per heavy atom. The van der Waals surface area contributed by atoms with Crippen LogP contribution in [0.2, 0.25) is 0 Å². The van der Waals surface area contributed by atoms with E-state index < -0.39 is 0 Å². The number of rotatable bonds is 3. The highest BCUT2D eigenvalue weighted by Crippen LogP contribution is 2.18. The fourth-order valence-electron chi connectivity index (χ4n) is 1.64. The fraction of sp³-hybridized carbons (Fsp3) is 0.900. The van der Waals surface area contributed by atoms with Crippen LogP contribution in [0.4, 0.5) is 0 Å². The van der Waals surface area contributed by atoms with Crippen molar-refractivity contribution in [3.8, 4) is 0 Å². The minimum Gasteiger partial charge on any atom is -0.353 e. The van der Waals surface area contributed by atoms with Crippen molar-refractivity contribution in [2.45, 2.75) is 51.6 Å². The quantitative estimate of drug-likeness (QED) is 0.688. The highest BCUT2D eigenvalue weighted by molar-refractivity contribution is 5.79. The lowest BCUT2D eigenvalue weighted by Gasteiger charge is -2.18. The van der Waals surface area contributed by atoms with Gasteiger partial charge >= 0.3 is 0 Å². The SMILES string of the molecule is CC(N)C(C)C(=O)NC1CCCC1. The van der Waals surface area contributed by atoms with E-state index in [9.17, 15) is 4.79 Å². The minimum atomic E-state index is -0.0689. The molecule has 0 radical (unpaired) electrons. The van der Waals surface area contributed by atoms with Crippen molar-refractivity contribution in [2.75, 3.05) is 0 Å². The molecule has 1 saturated carbocycles. The molecule has 2 unspecified atom stereocenters. The first-order valence-electron chi connectivity index (χ1n) is 5.17. The molecule has 1 amide bonds. The van der Waals surface area contributed by atoms with Crippen molar-refractivity contribution in [1.82, 2.24) is 5.32 Å². The summed E-state index contributed by atoms with van der Waals surface area (Å²) in [5.41, 5.74) is 5.65. The summed E-state index contributed by atoms with van der Waals surface area (Å²) in [4.78, 5) is 11.5. The second-order valence-corrected chi connectivity index (χ2v) is 4.14. The van der Waals surface area contributed by atoms with Gasteiger partial charge in [0.1, 0.15) is 0 Å². The van der Waals surface area contributed by atoms with Crippen LogP contribution in [0.15, 0.2) is 0 Å². The van der Waals surface area contributed by atoms with Gasteiger partial charge in [0.05, 0.1) is 0 Å². The third-order valence-corrected chi connectivity index (χ3v) is 2.90. The number of amides is 1. The molecule has 0 aliphatic heterocycles. The summed E-state index contributed by atoms with van der Waals surface area (Å²) >= 11 is 0. The third kappa shape index (κ3) is 2.99. The minimum absolute atomic E-state index is 0.0543. The summed E-state index contributed by atoms with van der Waals surface area (Å²) < 4.78 is 0. The van der Waals surface area contributed by atoms with Crippen LogP contribution in [0.25, 0.3) is 0 Å². The van der Waals surface area contributed by atoms with E-state index >= 15 is 0 Å². The van der Waals surface area contributed by atoms with Crippen molar-refractivity contribution in [3.63, 3.8) is 0 Å². The Hall–Kier alpha value is -0.570. The Bertz CT molecular complexity index is 174. The van der Waals surface area contributed by atoms with Crippen LogP contribution >= 0.6 is 0 Å². The molecule has 1 aliphatic carbocycles. The third-order valence-electron chi connectivity index (χ3n) is 2.90. The lowest BCUT2D eigenvalue weighted by Crippen LogP contribution is -2.42. The Labute approximate surface area is 80.1 Å². The summed E-state index contributed by atoms with van der Waals surface area (Å²) in [6, 6.07) is 0.357. The second-order valence-electron chi connectivity index (χ2n) is 4.14. The lowest BCUT2D eigenvalue weighted by atomic mass is 10.0. The molecule has 13 heavy (non-hydrogen) atoms. The number of nitrogens with one attached hydrogen (secondary N) is 1. The molecule has 3 heteroatoms. The molecule has 0 aromatic rings. The fourth-order valence-corrected chi connectivity index (χ4v) is 1.64. The molecule has 3 nitrogen and oxygen atoms in total. The Balaban J connectivity index is 2.31. The zero-order valence-corrected chi connectivity index (χ0v) is 8.55. The van der Waals surface area contributed by atoms with Crippen LogP contribution in [0.5, 0.6) is 0 Å². The Kier molecular flexibility index (Phi) is 3.72. The van der Waals surface area contributed by atoms with Crippen LogP contribution in [-0.4, -0.2) is 18.0 Å². The van der Waals surface area contributed by atoms with Crippen molar-refractivity contribution >= 4 is 5.91 Å². The first-order chi connectivity index (χ1) is 6.11. The maximum absolute atomic E-state index is 11.5. The first-order valence-corrected chi connectivity index (χ1v) is 5.17. The summed E-state index contributed by atoms with van der Waals surface area (Å²) in [6.45, 7) is 3.76. The van der Waals surface area contributed by atoms with E-state index in [1.165, 1.54) is 12.8 Å². The van der Waals surface area contributed by atoms with Crippen molar-refractivity contribution < 1.29 is 4.79 Å². The second kappa shape index (κ2) is 4.61. The highest BCUT2D eigenvalue weighted by atomic mass is 16.1. The van der Waals surface area contributed by atoms with Gasteiger partial charge in [-0.2, -0.15) is 0 Å². The maximum atomic E-state index is 11.5. The van der Waals surface area contributed by atoms with Gasteiger partial charge in [-0.3, -0.25) is 4.79 Å². The molecular weight excluding hydrogens is 164 g/mol. The van der Waals surface area contributed by atoms with Crippen molar-refractivity contribution in [1.29, 1.82) is 0 Å². The van der Waals surface area contributed by atoms with E-state index in [0.29, 0.717) is 6.04 Å². The van der Waals surface area contributed by atoms with E-state index in [2.05, 4.69) is 5.32 Å². The number of nitrogens with two attached hydrogens (primary N) is 1. The van der Waals surface area contributed by atoms with E-state index in [-0.39, 0.29) is 17.9 Å². The molecule has 0 saturated heterocycles. The normalized spacial score (nSPS) is 22.7. The van der Waals surface area contributed by atoms with E-state index in [0.717, 1.165) is 12.8 Å². The summed E-state index contributed by atoms with van der Waals surface area (Å²) in [6.07, 6.45) is 4.77. The van der Waals surface area contributed by atoms with Crippen molar-refractivity contribution in [3.05, 3.63) is 0 Å². The molecule has 0 aromatic carbocycles. The van der Waals surface area contributed by atoms with Crippen LogP contribution < -0.4 is 11.1 Å². The van der Waals surface area contributed by atoms with Gasteiger partial charge < -0.3 is 11.1 Å². The maximum Gasteiger partial charge on any atom is 0.224 e. The van der Waals surface area contributed by atoms with Gasteiger partial charge in [0, 0.05) is 18.0 Å². The molecule has 0 bridgehead atoms. The van der Waals surface area contributed by atoms with Gasteiger partial charge in [-0.25, -0.2) is 0 Å². The average Bonchev–Trinajstić information content (AvgIpc) is 2.55. The zero-order chi connectivity index (χ0) is 9.84. The molecule has 3 N–H and O–H groups in total. The number of hydrogen-bond acceptors (Lipinski definition) is 2. The van der Waals surface area contributed by atoms with E-state index in [1.54, 1.807) is 0 Å². The molecule has 1 rings (SSSR count). The van der Waals surface area contributed by atoms with Gasteiger partial charge in [0.2, 0.25) is 5.91 Å². The average molecular weight is 184 g/mol. The van der Waals surface area contributed by atoms with Gasteiger partial charge in [0.15, 0.2) is 0 Å². The molecule has 1 fully saturated rings. The summed E-state index contributed by atoms with van der Waals surface area (Å²) in [5, 5.41) is 3.04. The highest BCUT2D eigenvalue weighted by Gasteiger charge is 2.22. The summed E-state index contributed by atoms with van der Waals surface area (Å²) in [7, 11) is 0. The predicted molar refractivity (Wildman–Crippen MR) is 53.2 cm³/mol. The number of carbonyl (C=O) groups excluding carboxylic acids is 1. The van der Waals surface area contributed by atoms with Gasteiger partial charge in [-0.05, 0) is 19.8 Å². The standard InChI is InChI=1S/C10H20N2O/c1-7(8(2)11)10(13)12-9-5-3-4-6-9/h7-9H,3-6,11H2,1-2H3,(H,12,13). The van der Waals surface area contributed by atoms with Crippen LogP contribution in [0, 0.1) is 5.92 Å². The largest absolute Gasteiger partial charge is 0.353 e. The van der Waals surface area contributed by atoms with E-state index in [4.69, 9.17) is 5.73 Å². The van der Waals surface area contributed by atoms with Gasteiger partial charge in [-0.1, -0.05) is 19.8 Å². The molecule has 76 valence electrons. The monoisotopic (exact) mass is 184 g/mol. The van der Waals surface area contributed by atoms with Crippen LogP contribution in [0.3, 0.4) is 0 Å². The number of carbonyl (C=O) groups is 1. The zero-order valence-electron chi connectivity index (χ0n) is 8.55. The Morgan fingerprint density at radius 3 is 2.38 bits per heavy atom. The first kappa shape index (κ1) is 10.5. The van der Waals surface area contributed by atoms with Gasteiger partial charge in [-0.15, -0.1) is 0 Å². The van der Waals surface area contributed by atoms with Gasteiger partial charge in [0.25, 0.3) is 0 Å². The molecule has 0 heterocycles. The molecule has 1 aliphatic rings. The molecule has 0 aromatic heterocycles. The van der Waals surface area contributed by atoms with Crippen LogP contribution in [-0.2, 0) is 4.79 Å². The lowest BCUT2D eigenvalue weighted by molar-refractivity contribution is -0.125. The molecule has 2 atom stereocenters. The molecular formula is C10H20N2O. The number of hydrogen-bond donors (Lipinski definition) is 2. The predicted octanol–water partition coefficient (Wildman–Crippen LogP) is 1.03. The Morgan fingerprint density at radius 2 is 1.92 bits per heavy atom.